The van der Waals surface area contributed by atoms with Gasteiger partial charge >= 0.3 is 5.97 Å². The molecule has 2 aromatic rings. The molecule has 1 N–H and O–H groups in total. The van der Waals surface area contributed by atoms with Crippen molar-refractivity contribution in [1.29, 1.82) is 0 Å². The summed E-state index contributed by atoms with van der Waals surface area (Å²) < 4.78 is 0. The molecule has 2 rings (SSSR count). The summed E-state index contributed by atoms with van der Waals surface area (Å²) in [6.07, 6.45) is 0. The molecule has 92 valence electrons. The van der Waals surface area contributed by atoms with E-state index in [9.17, 15) is 4.79 Å². The van der Waals surface area contributed by atoms with Crippen molar-refractivity contribution in [3.8, 4) is 0 Å². The molecule has 0 bridgehead atoms. The number of hydrogen-bond donors (Lipinski definition) is 1. The van der Waals surface area contributed by atoms with Gasteiger partial charge in [0.2, 0.25) is 0 Å². The van der Waals surface area contributed by atoms with E-state index in [0.29, 0.717) is 15.1 Å². The second-order valence-electron chi connectivity index (χ2n) is 3.34. The quantitative estimate of drug-likeness (QED) is 0.921. The van der Waals surface area contributed by atoms with Gasteiger partial charge in [-0.3, -0.25) is 0 Å². The predicted octanol–water partition coefficient (Wildman–Crippen LogP) is 4.24. The molecule has 1 aromatic heterocycles. The maximum atomic E-state index is 10.8. The van der Waals surface area contributed by atoms with Crippen LogP contribution in [-0.2, 0) is 0 Å². The summed E-state index contributed by atoms with van der Waals surface area (Å²) in [5.41, 5.74) is -0.00171. The highest BCUT2D eigenvalue weighted by Gasteiger charge is 2.08. The van der Waals surface area contributed by atoms with E-state index < -0.39 is 5.97 Å². The van der Waals surface area contributed by atoms with Crippen molar-refractivity contribution in [1.82, 2.24) is 4.98 Å². The molecule has 3 nitrogen and oxygen atoms in total. The molecule has 0 spiro atoms. The van der Waals surface area contributed by atoms with Gasteiger partial charge in [0.15, 0.2) is 0 Å². The number of rotatable bonds is 3. The zero-order valence-corrected chi connectivity index (χ0v) is 11.3. The SMILES string of the molecule is O=C(O)c1cccc(Sc2cc(Cl)ccc2Cl)n1. The highest BCUT2D eigenvalue weighted by Crippen LogP contribution is 2.34. The number of benzene rings is 1. The lowest BCUT2D eigenvalue weighted by atomic mass is 10.4. The third-order valence-corrected chi connectivity index (χ3v) is 3.72. The Morgan fingerprint density at radius 1 is 1.22 bits per heavy atom. The molecule has 0 atom stereocenters. The summed E-state index contributed by atoms with van der Waals surface area (Å²) in [6, 6.07) is 9.88. The van der Waals surface area contributed by atoms with Gasteiger partial charge in [-0.15, -0.1) is 0 Å². The zero-order valence-electron chi connectivity index (χ0n) is 8.93. The van der Waals surface area contributed by atoms with E-state index in [1.807, 2.05) is 0 Å². The van der Waals surface area contributed by atoms with Crippen molar-refractivity contribution < 1.29 is 9.90 Å². The van der Waals surface area contributed by atoms with Crippen LogP contribution >= 0.6 is 35.0 Å². The van der Waals surface area contributed by atoms with Gasteiger partial charge in [0.25, 0.3) is 0 Å². The second kappa shape index (κ2) is 5.61. The van der Waals surface area contributed by atoms with Crippen molar-refractivity contribution in [2.75, 3.05) is 0 Å². The Morgan fingerprint density at radius 2 is 2.00 bits per heavy atom. The van der Waals surface area contributed by atoms with Crippen LogP contribution in [0, 0.1) is 0 Å². The van der Waals surface area contributed by atoms with E-state index in [1.54, 1.807) is 30.3 Å². The Labute approximate surface area is 118 Å². The molecule has 6 heteroatoms. The topological polar surface area (TPSA) is 50.2 Å². The van der Waals surface area contributed by atoms with Crippen LogP contribution in [0.2, 0.25) is 10.0 Å². The van der Waals surface area contributed by atoms with Crippen molar-refractivity contribution >= 4 is 40.9 Å². The average molecular weight is 300 g/mol. The Morgan fingerprint density at radius 3 is 2.72 bits per heavy atom. The molecule has 0 saturated carbocycles. The summed E-state index contributed by atoms with van der Waals surface area (Å²) in [5.74, 6) is -1.06. The molecule has 1 heterocycles. The van der Waals surface area contributed by atoms with Crippen LogP contribution < -0.4 is 0 Å². The smallest absolute Gasteiger partial charge is 0.354 e. The molecule has 1 aromatic carbocycles. The predicted molar refractivity (Wildman–Crippen MR) is 71.8 cm³/mol. The lowest BCUT2D eigenvalue weighted by Gasteiger charge is -2.04. The second-order valence-corrected chi connectivity index (χ2v) is 5.25. The van der Waals surface area contributed by atoms with E-state index in [2.05, 4.69) is 4.98 Å². The summed E-state index contributed by atoms with van der Waals surface area (Å²) in [4.78, 5) is 15.5. The maximum Gasteiger partial charge on any atom is 0.354 e. The highest BCUT2D eigenvalue weighted by atomic mass is 35.5. The molecule has 0 aliphatic rings. The van der Waals surface area contributed by atoms with Gasteiger partial charge in [-0.25, -0.2) is 9.78 Å². The average Bonchev–Trinajstić information content (AvgIpc) is 2.34. The lowest BCUT2D eigenvalue weighted by Crippen LogP contribution is -1.99. The molecule has 0 saturated heterocycles. The molecule has 0 radical (unpaired) electrons. The summed E-state index contributed by atoms with van der Waals surface area (Å²) in [5, 5.41) is 10.5. The first-order valence-electron chi connectivity index (χ1n) is 4.89. The van der Waals surface area contributed by atoms with Crippen molar-refractivity contribution in [2.24, 2.45) is 0 Å². The van der Waals surface area contributed by atoms with Crippen LogP contribution in [0.25, 0.3) is 0 Å². The molecule has 18 heavy (non-hydrogen) atoms. The Hall–Kier alpha value is -1.23. The fraction of sp³-hybridized carbons (Fsp3) is 0. The van der Waals surface area contributed by atoms with Gasteiger partial charge < -0.3 is 5.11 Å². The van der Waals surface area contributed by atoms with Crippen LogP contribution in [0.4, 0.5) is 0 Å². The first kappa shape index (κ1) is 13.2. The van der Waals surface area contributed by atoms with Crippen molar-refractivity contribution in [2.45, 2.75) is 9.92 Å². The summed E-state index contributed by atoms with van der Waals surface area (Å²) in [7, 11) is 0. The lowest BCUT2D eigenvalue weighted by molar-refractivity contribution is 0.0689. The highest BCUT2D eigenvalue weighted by molar-refractivity contribution is 7.99. The normalized spacial score (nSPS) is 10.3. The minimum atomic E-state index is -1.06. The van der Waals surface area contributed by atoms with Crippen LogP contribution in [0.15, 0.2) is 46.3 Å². The molecule has 0 fully saturated rings. The van der Waals surface area contributed by atoms with Gasteiger partial charge in [0.1, 0.15) is 10.7 Å². The Kier molecular flexibility index (Phi) is 4.11. The fourth-order valence-electron chi connectivity index (χ4n) is 1.26. The minimum absolute atomic E-state index is 0.00171. The number of aromatic carboxylic acids is 1. The molecular weight excluding hydrogens is 293 g/mol. The summed E-state index contributed by atoms with van der Waals surface area (Å²) in [6.45, 7) is 0. The number of hydrogen-bond acceptors (Lipinski definition) is 3. The van der Waals surface area contributed by atoms with Gasteiger partial charge in [-0.05, 0) is 30.3 Å². The molecule has 0 amide bonds. The number of carboxylic acid groups (broad SMARTS) is 1. The van der Waals surface area contributed by atoms with Crippen LogP contribution in [0.3, 0.4) is 0 Å². The van der Waals surface area contributed by atoms with Gasteiger partial charge in [0.05, 0.1) is 5.02 Å². The van der Waals surface area contributed by atoms with E-state index in [0.717, 1.165) is 4.90 Å². The number of carbonyl (C=O) groups is 1. The van der Waals surface area contributed by atoms with Crippen LogP contribution in [0.5, 0.6) is 0 Å². The van der Waals surface area contributed by atoms with E-state index in [1.165, 1.54) is 17.8 Å². The Balaban J connectivity index is 2.31. The van der Waals surface area contributed by atoms with Gasteiger partial charge in [-0.2, -0.15) is 0 Å². The summed E-state index contributed by atoms with van der Waals surface area (Å²) >= 11 is 13.2. The molecule has 0 aliphatic carbocycles. The third kappa shape index (κ3) is 3.16. The number of pyridine rings is 1. The zero-order chi connectivity index (χ0) is 13.1. The first-order valence-corrected chi connectivity index (χ1v) is 6.47. The van der Waals surface area contributed by atoms with Crippen LogP contribution in [-0.4, -0.2) is 16.1 Å². The van der Waals surface area contributed by atoms with Crippen LogP contribution in [0.1, 0.15) is 10.5 Å². The third-order valence-electron chi connectivity index (χ3n) is 2.05. The van der Waals surface area contributed by atoms with Crippen molar-refractivity contribution in [3.63, 3.8) is 0 Å². The van der Waals surface area contributed by atoms with E-state index in [-0.39, 0.29) is 5.69 Å². The standard InChI is InChI=1S/C12H7Cl2NO2S/c13-7-4-5-8(14)10(6-7)18-11-3-1-2-9(15-11)12(16)17/h1-6H,(H,16,17). The molecule has 0 unspecified atom stereocenters. The maximum absolute atomic E-state index is 10.8. The minimum Gasteiger partial charge on any atom is -0.477 e. The van der Waals surface area contributed by atoms with E-state index in [4.69, 9.17) is 28.3 Å². The van der Waals surface area contributed by atoms with Gasteiger partial charge in [-0.1, -0.05) is 41.0 Å². The Bertz CT molecular complexity index is 604. The number of halogens is 2. The number of nitrogens with zero attached hydrogens (tertiary/aromatic N) is 1. The van der Waals surface area contributed by atoms with E-state index >= 15 is 0 Å². The first-order chi connectivity index (χ1) is 8.56. The molecular formula is C12H7Cl2NO2S. The monoisotopic (exact) mass is 299 g/mol. The molecule has 0 aliphatic heterocycles. The van der Waals surface area contributed by atoms with Crippen molar-refractivity contribution in [3.05, 3.63) is 52.1 Å². The fourth-order valence-corrected chi connectivity index (χ4v) is 2.60. The number of aromatic nitrogens is 1. The van der Waals surface area contributed by atoms with Gasteiger partial charge in [0, 0.05) is 9.92 Å². The number of carboxylic acids is 1. The largest absolute Gasteiger partial charge is 0.477 e.